The first kappa shape index (κ1) is 11.9. The van der Waals surface area contributed by atoms with Gasteiger partial charge in [0.15, 0.2) is 0 Å². The predicted octanol–water partition coefficient (Wildman–Crippen LogP) is 1.38. The lowest BCUT2D eigenvalue weighted by atomic mass is 10.1. The van der Waals surface area contributed by atoms with E-state index in [4.69, 9.17) is 10.5 Å². The summed E-state index contributed by atoms with van der Waals surface area (Å²) in [6.45, 7) is 4.56. The molecule has 1 heterocycles. The van der Waals surface area contributed by atoms with Crippen LogP contribution in [0.15, 0.2) is 12.1 Å². The number of hydrogen-bond acceptors (Lipinski definition) is 3. The van der Waals surface area contributed by atoms with E-state index < -0.39 is 0 Å². The zero-order valence-corrected chi connectivity index (χ0v) is 10.5. The molecule has 0 aromatic heterocycles. The number of nitrogens with zero attached hydrogens (tertiary/aromatic N) is 1. The maximum absolute atomic E-state index is 11.8. The molecule has 1 aliphatic rings. The van der Waals surface area contributed by atoms with E-state index in [1.165, 1.54) is 0 Å². The third-order valence-corrected chi connectivity index (χ3v) is 3.16. The quantitative estimate of drug-likeness (QED) is 0.841. The van der Waals surface area contributed by atoms with Gasteiger partial charge in [-0.15, -0.1) is 0 Å². The first-order valence-electron chi connectivity index (χ1n) is 5.74. The smallest absolute Gasteiger partial charge is 0.228 e. The average Bonchev–Trinajstić information content (AvgIpc) is 2.60. The van der Waals surface area contributed by atoms with Crippen LogP contribution in [0.1, 0.15) is 17.5 Å². The van der Waals surface area contributed by atoms with Gasteiger partial charge >= 0.3 is 0 Å². The number of methoxy groups -OCH3 is 1. The number of anilines is 1. The molecule has 0 saturated carbocycles. The molecule has 1 aromatic carbocycles. The Morgan fingerprint density at radius 2 is 2.06 bits per heavy atom. The summed E-state index contributed by atoms with van der Waals surface area (Å²) in [4.78, 5) is 13.6. The van der Waals surface area contributed by atoms with E-state index in [2.05, 4.69) is 0 Å². The number of carbonyl (C=O) groups is 1. The van der Waals surface area contributed by atoms with Gasteiger partial charge in [0.2, 0.25) is 5.91 Å². The minimum absolute atomic E-state index is 0.0516. The number of ether oxygens (including phenoxy) is 1. The van der Waals surface area contributed by atoms with Gasteiger partial charge in [-0.25, -0.2) is 0 Å². The van der Waals surface area contributed by atoms with Gasteiger partial charge in [-0.1, -0.05) is 0 Å². The minimum atomic E-state index is -0.0516. The van der Waals surface area contributed by atoms with Crippen LogP contribution in [0.25, 0.3) is 0 Å². The Hall–Kier alpha value is -1.55. The molecule has 1 atom stereocenters. The fourth-order valence-electron chi connectivity index (χ4n) is 2.25. The summed E-state index contributed by atoms with van der Waals surface area (Å²) in [6, 6.07) is 3.90. The van der Waals surface area contributed by atoms with E-state index in [-0.39, 0.29) is 11.9 Å². The monoisotopic (exact) mass is 234 g/mol. The number of hydrogen-bond donors (Lipinski definition) is 1. The highest BCUT2D eigenvalue weighted by atomic mass is 16.5. The molecule has 0 radical (unpaired) electrons. The number of nitrogens with two attached hydrogens (primary N) is 1. The summed E-state index contributed by atoms with van der Waals surface area (Å²) >= 11 is 0. The maximum Gasteiger partial charge on any atom is 0.228 e. The number of benzene rings is 1. The van der Waals surface area contributed by atoms with Crippen molar-refractivity contribution in [2.75, 3.05) is 18.6 Å². The van der Waals surface area contributed by atoms with Crippen LogP contribution in [0, 0.1) is 13.8 Å². The SMILES string of the molecule is COc1cc(C)c(N2CC(N)CC2=O)cc1C. The predicted molar refractivity (Wildman–Crippen MR) is 67.4 cm³/mol. The zero-order valence-electron chi connectivity index (χ0n) is 10.5. The van der Waals surface area contributed by atoms with Gasteiger partial charge < -0.3 is 15.4 Å². The second-order valence-electron chi connectivity index (χ2n) is 4.58. The molecule has 1 unspecified atom stereocenters. The van der Waals surface area contributed by atoms with Crippen molar-refractivity contribution in [1.29, 1.82) is 0 Å². The summed E-state index contributed by atoms with van der Waals surface area (Å²) in [6.07, 6.45) is 0.435. The molecule has 2 N–H and O–H groups in total. The van der Waals surface area contributed by atoms with Crippen molar-refractivity contribution in [3.8, 4) is 5.75 Å². The van der Waals surface area contributed by atoms with Gasteiger partial charge in [0, 0.05) is 24.7 Å². The lowest BCUT2D eigenvalue weighted by Crippen LogP contribution is -2.28. The summed E-state index contributed by atoms with van der Waals surface area (Å²) in [7, 11) is 1.65. The van der Waals surface area contributed by atoms with Gasteiger partial charge in [0.1, 0.15) is 5.75 Å². The Kier molecular flexibility index (Phi) is 3.07. The lowest BCUT2D eigenvalue weighted by Gasteiger charge is -2.20. The topological polar surface area (TPSA) is 55.6 Å². The first-order valence-corrected chi connectivity index (χ1v) is 5.74. The highest BCUT2D eigenvalue weighted by molar-refractivity contribution is 5.97. The number of rotatable bonds is 2. The second-order valence-corrected chi connectivity index (χ2v) is 4.58. The molecule has 1 fully saturated rings. The fraction of sp³-hybridized carbons (Fsp3) is 0.462. The van der Waals surface area contributed by atoms with Gasteiger partial charge in [-0.2, -0.15) is 0 Å². The first-order chi connectivity index (χ1) is 8.02. The van der Waals surface area contributed by atoms with Gasteiger partial charge in [0.25, 0.3) is 0 Å². The Bertz CT molecular complexity index is 457. The molecule has 17 heavy (non-hydrogen) atoms. The maximum atomic E-state index is 11.8. The Morgan fingerprint density at radius 1 is 1.35 bits per heavy atom. The minimum Gasteiger partial charge on any atom is -0.496 e. The average molecular weight is 234 g/mol. The van der Waals surface area contributed by atoms with Gasteiger partial charge in [-0.3, -0.25) is 4.79 Å². The largest absolute Gasteiger partial charge is 0.496 e. The zero-order chi connectivity index (χ0) is 12.6. The molecule has 1 aromatic rings. The summed E-state index contributed by atoms with van der Waals surface area (Å²) in [5, 5.41) is 0. The van der Waals surface area contributed by atoms with Crippen molar-refractivity contribution < 1.29 is 9.53 Å². The Balaban J connectivity index is 2.39. The normalized spacial score (nSPS) is 19.9. The van der Waals surface area contributed by atoms with E-state index in [1.54, 1.807) is 12.0 Å². The van der Waals surface area contributed by atoms with Crippen molar-refractivity contribution >= 4 is 11.6 Å². The Labute approximate surface area is 101 Å². The molecule has 0 aliphatic carbocycles. The van der Waals surface area contributed by atoms with Crippen LogP contribution in [0.5, 0.6) is 5.75 Å². The molecular weight excluding hydrogens is 216 g/mol. The molecule has 4 heteroatoms. The van der Waals surface area contributed by atoms with Crippen molar-refractivity contribution in [2.45, 2.75) is 26.3 Å². The van der Waals surface area contributed by atoms with Crippen LogP contribution in [0.4, 0.5) is 5.69 Å². The van der Waals surface area contributed by atoms with Crippen LogP contribution in [-0.2, 0) is 4.79 Å². The molecule has 1 amide bonds. The van der Waals surface area contributed by atoms with Crippen molar-refractivity contribution in [1.82, 2.24) is 0 Å². The second kappa shape index (κ2) is 4.37. The van der Waals surface area contributed by atoms with Crippen LogP contribution in [-0.4, -0.2) is 25.6 Å². The summed E-state index contributed by atoms with van der Waals surface area (Å²) < 4.78 is 5.26. The third kappa shape index (κ3) is 2.13. The lowest BCUT2D eigenvalue weighted by molar-refractivity contribution is -0.117. The van der Waals surface area contributed by atoms with Crippen LogP contribution in [0.3, 0.4) is 0 Å². The number of aryl methyl sites for hydroxylation is 2. The van der Waals surface area contributed by atoms with Gasteiger partial charge in [-0.05, 0) is 37.1 Å². The highest BCUT2D eigenvalue weighted by Gasteiger charge is 2.29. The van der Waals surface area contributed by atoms with Crippen molar-refractivity contribution in [2.24, 2.45) is 5.73 Å². The van der Waals surface area contributed by atoms with E-state index in [1.807, 2.05) is 26.0 Å². The van der Waals surface area contributed by atoms with Crippen LogP contribution >= 0.6 is 0 Å². The standard InChI is InChI=1S/C13H18N2O2/c1-8-5-12(17-3)9(2)4-11(8)15-7-10(14)6-13(15)16/h4-5,10H,6-7,14H2,1-3H3. The van der Waals surface area contributed by atoms with Crippen LogP contribution < -0.4 is 15.4 Å². The van der Waals surface area contributed by atoms with E-state index in [9.17, 15) is 4.79 Å². The molecule has 2 rings (SSSR count). The van der Waals surface area contributed by atoms with Crippen LogP contribution in [0.2, 0.25) is 0 Å². The number of amides is 1. The highest BCUT2D eigenvalue weighted by Crippen LogP contribution is 2.30. The molecule has 1 aliphatic heterocycles. The van der Waals surface area contributed by atoms with E-state index >= 15 is 0 Å². The van der Waals surface area contributed by atoms with Crippen molar-refractivity contribution in [3.05, 3.63) is 23.3 Å². The molecule has 92 valence electrons. The molecule has 0 bridgehead atoms. The van der Waals surface area contributed by atoms with E-state index in [0.717, 1.165) is 22.6 Å². The molecular formula is C13H18N2O2. The summed E-state index contributed by atoms with van der Waals surface area (Å²) in [5.74, 6) is 0.951. The van der Waals surface area contributed by atoms with Crippen molar-refractivity contribution in [3.63, 3.8) is 0 Å². The van der Waals surface area contributed by atoms with Gasteiger partial charge in [0.05, 0.1) is 7.11 Å². The van der Waals surface area contributed by atoms with E-state index in [0.29, 0.717) is 13.0 Å². The fourth-order valence-corrected chi connectivity index (χ4v) is 2.25. The summed E-state index contributed by atoms with van der Waals surface area (Å²) in [5.41, 5.74) is 8.82. The number of carbonyl (C=O) groups excluding carboxylic acids is 1. The third-order valence-electron chi connectivity index (χ3n) is 3.16. The molecule has 4 nitrogen and oxygen atoms in total. The Morgan fingerprint density at radius 3 is 2.59 bits per heavy atom. The molecule has 0 spiro atoms. The molecule has 1 saturated heterocycles.